The van der Waals surface area contributed by atoms with Gasteiger partial charge in [-0.15, -0.1) is 0 Å². The molecule has 2 amide bonds. The highest BCUT2D eigenvalue weighted by Crippen LogP contribution is 2.34. The summed E-state index contributed by atoms with van der Waals surface area (Å²) in [5.74, 6) is 1.92. The van der Waals surface area contributed by atoms with Crippen molar-refractivity contribution in [1.29, 1.82) is 0 Å². The molecule has 0 aromatic heterocycles. The molecular weight excluding hydrogens is 376 g/mol. The second-order valence-electron chi connectivity index (χ2n) is 7.50. The molecule has 4 rings (SSSR count). The van der Waals surface area contributed by atoms with E-state index < -0.39 is 5.54 Å². The number of hydrogen-bond acceptors (Lipinski definition) is 6. The zero-order valence-electron chi connectivity index (χ0n) is 16.5. The van der Waals surface area contributed by atoms with E-state index >= 15 is 0 Å². The first kappa shape index (κ1) is 18.9. The molecular formula is C21H22N2O6. The molecule has 0 fully saturated rings. The lowest BCUT2D eigenvalue weighted by Crippen LogP contribution is -2.52. The lowest BCUT2D eigenvalue weighted by atomic mass is 10.0. The Balaban J connectivity index is 1.41. The Morgan fingerprint density at radius 3 is 2.03 bits per heavy atom. The van der Waals surface area contributed by atoms with Crippen molar-refractivity contribution in [2.45, 2.75) is 19.4 Å². The fourth-order valence-corrected chi connectivity index (χ4v) is 3.05. The normalized spacial score (nSPS) is 13.9. The van der Waals surface area contributed by atoms with E-state index in [1.165, 1.54) is 0 Å². The van der Waals surface area contributed by atoms with Gasteiger partial charge < -0.3 is 29.2 Å². The van der Waals surface area contributed by atoms with Gasteiger partial charge >= 0.3 is 0 Å². The van der Waals surface area contributed by atoms with E-state index in [-0.39, 0.29) is 31.9 Å². The van der Waals surface area contributed by atoms with Crippen LogP contribution >= 0.6 is 0 Å². The fourth-order valence-electron chi connectivity index (χ4n) is 3.05. The first-order valence-electron chi connectivity index (χ1n) is 9.21. The van der Waals surface area contributed by atoms with E-state index in [2.05, 4.69) is 5.32 Å². The predicted molar refractivity (Wildman–Crippen MR) is 104 cm³/mol. The smallest absolute Gasteiger partial charge is 0.254 e. The van der Waals surface area contributed by atoms with E-state index in [9.17, 15) is 9.59 Å². The van der Waals surface area contributed by atoms with Gasteiger partial charge in [0.2, 0.25) is 13.6 Å². The van der Waals surface area contributed by atoms with Crippen LogP contribution < -0.4 is 24.3 Å². The number of nitrogens with zero attached hydrogens (tertiary/aromatic N) is 1. The third-order valence-corrected chi connectivity index (χ3v) is 5.15. The zero-order chi connectivity index (χ0) is 20.6. The molecule has 2 aliphatic heterocycles. The molecule has 0 spiro atoms. The van der Waals surface area contributed by atoms with Gasteiger partial charge in [-0.1, -0.05) is 0 Å². The number of likely N-dealkylation sites (N-methyl/N-ethyl adjacent to an activating group) is 1. The number of benzene rings is 2. The Morgan fingerprint density at radius 1 is 0.897 bits per heavy atom. The number of carbonyl (C=O) groups excluding carboxylic acids is 2. The average molecular weight is 398 g/mol. The van der Waals surface area contributed by atoms with Gasteiger partial charge in [0.05, 0.1) is 5.54 Å². The summed E-state index contributed by atoms with van der Waals surface area (Å²) in [5, 5.41) is 2.89. The number of ether oxygens (including phenoxy) is 4. The van der Waals surface area contributed by atoms with Crippen LogP contribution in [0.3, 0.4) is 0 Å². The van der Waals surface area contributed by atoms with E-state index in [4.69, 9.17) is 18.9 Å². The van der Waals surface area contributed by atoms with Gasteiger partial charge in [0.15, 0.2) is 23.0 Å². The Bertz CT molecular complexity index is 972. The summed E-state index contributed by atoms with van der Waals surface area (Å²) in [6.07, 6.45) is 0. The minimum atomic E-state index is -0.626. The Hall–Kier alpha value is -3.42. The van der Waals surface area contributed by atoms with Crippen molar-refractivity contribution < 1.29 is 28.5 Å². The minimum Gasteiger partial charge on any atom is -0.454 e. The highest BCUT2D eigenvalue weighted by atomic mass is 16.7. The summed E-state index contributed by atoms with van der Waals surface area (Å²) in [6, 6.07) is 10.1. The molecule has 8 heteroatoms. The van der Waals surface area contributed by atoms with Gasteiger partial charge in [0.25, 0.3) is 11.8 Å². The molecule has 2 aliphatic rings. The predicted octanol–water partition coefficient (Wildman–Crippen LogP) is 2.42. The summed E-state index contributed by atoms with van der Waals surface area (Å²) < 4.78 is 21.2. The summed E-state index contributed by atoms with van der Waals surface area (Å²) in [7, 11) is 1.71. The zero-order valence-corrected chi connectivity index (χ0v) is 16.5. The molecule has 2 aromatic rings. The van der Waals surface area contributed by atoms with Crippen LogP contribution in [0.5, 0.6) is 23.0 Å². The SMILES string of the molecule is CN(C(=O)c1ccc2c(c1)OCO2)C(C)(C)CNC(=O)c1ccc2c(c1)OCO2. The maximum absolute atomic E-state index is 12.9. The number of carbonyl (C=O) groups is 2. The van der Waals surface area contributed by atoms with Gasteiger partial charge in [0, 0.05) is 24.7 Å². The highest BCUT2D eigenvalue weighted by Gasteiger charge is 2.30. The molecule has 1 N–H and O–H groups in total. The summed E-state index contributed by atoms with van der Waals surface area (Å²) in [6.45, 7) is 4.35. The van der Waals surface area contributed by atoms with Crippen molar-refractivity contribution in [3.05, 3.63) is 47.5 Å². The fraction of sp³-hybridized carbons (Fsp3) is 0.333. The number of fused-ring (bicyclic) bond motifs is 2. The minimum absolute atomic E-state index is 0.153. The van der Waals surface area contributed by atoms with Crippen molar-refractivity contribution in [1.82, 2.24) is 10.2 Å². The van der Waals surface area contributed by atoms with Crippen LogP contribution in [0.2, 0.25) is 0 Å². The van der Waals surface area contributed by atoms with Crippen molar-refractivity contribution >= 4 is 11.8 Å². The molecule has 2 aromatic carbocycles. The van der Waals surface area contributed by atoms with Gasteiger partial charge in [-0.25, -0.2) is 0 Å². The standard InChI is InChI=1S/C21H22N2O6/c1-21(2,10-22-19(24)13-4-6-15-17(8-13)28-11-26-15)23(3)20(25)14-5-7-16-18(9-14)29-12-27-16/h4-9H,10-12H2,1-3H3,(H,22,24). The maximum Gasteiger partial charge on any atom is 0.254 e. The number of rotatable bonds is 5. The Labute approximate surface area is 168 Å². The summed E-state index contributed by atoms with van der Waals surface area (Å²) in [5.41, 5.74) is 0.334. The number of hydrogen-bond donors (Lipinski definition) is 1. The van der Waals surface area contributed by atoms with Crippen molar-refractivity contribution in [3.63, 3.8) is 0 Å². The van der Waals surface area contributed by atoms with Crippen LogP contribution in [0.25, 0.3) is 0 Å². The van der Waals surface area contributed by atoms with E-state index in [0.717, 1.165) is 0 Å². The van der Waals surface area contributed by atoms with Crippen molar-refractivity contribution in [2.24, 2.45) is 0 Å². The largest absolute Gasteiger partial charge is 0.454 e. The molecule has 0 atom stereocenters. The van der Waals surface area contributed by atoms with Crippen LogP contribution in [0.1, 0.15) is 34.6 Å². The molecule has 0 radical (unpaired) electrons. The van der Waals surface area contributed by atoms with Crippen LogP contribution in [-0.4, -0.2) is 49.4 Å². The number of nitrogens with one attached hydrogen (secondary N) is 1. The lowest BCUT2D eigenvalue weighted by molar-refractivity contribution is 0.0612. The first-order valence-corrected chi connectivity index (χ1v) is 9.21. The van der Waals surface area contributed by atoms with Crippen molar-refractivity contribution in [2.75, 3.05) is 27.2 Å². The molecule has 29 heavy (non-hydrogen) atoms. The molecule has 8 nitrogen and oxygen atoms in total. The number of amides is 2. The molecule has 0 saturated carbocycles. The van der Waals surface area contributed by atoms with Gasteiger partial charge in [0.1, 0.15) is 0 Å². The third kappa shape index (κ3) is 3.65. The summed E-state index contributed by atoms with van der Waals surface area (Å²) in [4.78, 5) is 27.1. The van der Waals surface area contributed by atoms with Crippen LogP contribution in [-0.2, 0) is 0 Å². The van der Waals surface area contributed by atoms with Crippen LogP contribution in [0.15, 0.2) is 36.4 Å². The molecule has 0 aliphatic carbocycles. The summed E-state index contributed by atoms with van der Waals surface area (Å²) >= 11 is 0. The first-order chi connectivity index (χ1) is 13.8. The maximum atomic E-state index is 12.9. The second-order valence-corrected chi connectivity index (χ2v) is 7.50. The molecule has 0 unspecified atom stereocenters. The van der Waals surface area contributed by atoms with Crippen LogP contribution in [0, 0.1) is 0 Å². The molecule has 0 saturated heterocycles. The quantitative estimate of drug-likeness (QED) is 0.833. The monoisotopic (exact) mass is 398 g/mol. The lowest BCUT2D eigenvalue weighted by Gasteiger charge is -2.36. The second kappa shape index (κ2) is 7.20. The van der Waals surface area contributed by atoms with Gasteiger partial charge in [-0.3, -0.25) is 9.59 Å². The topological polar surface area (TPSA) is 86.3 Å². The molecule has 0 bridgehead atoms. The van der Waals surface area contributed by atoms with Crippen LogP contribution in [0.4, 0.5) is 0 Å². The van der Waals surface area contributed by atoms with E-state index in [1.54, 1.807) is 48.3 Å². The van der Waals surface area contributed by atoms with Crippen molar-refractivity contribution in [3.8, 4) is 23.0 Å². The van der Waals surface area contributed by atoms with E-state index in [1.807, 2.05) is 13.8 Å². The van der Waals surface area contributed by atoms with E-state index in [0.29, 0.717) is 34.1 Å². The third-order valence-electron chi connectivity index (χ3n) is 5.15. The highest BCUT2D eigenvalue weighted by molar-refractivity contribution is 5.96. The molecule has 152 valence electrons. The molecule has 2 heterocycles. The van der Waals surface area contributed by atoms with Gasteiger partial charge in [-0.2, -0.15) is 0 Å². The average Bonchev–Trinajstić information content (AvgIpc) is 3.38. The Morgan fingerprint density at radius 2 is 1.41 bits per heavy atom. The Kier molecular flexibility index (Phi) is 4.70. The van der Waals surface area contributed by atoms with Gasteiger partial charge in [-0.05, 0) is 50.2 Å².